The van der Waals surface area contributed by atoms with Crippen molar-refractivity contribution in [1.29, 1.82) is 0 Å². The van der Waals surface area contributed by atoms with Crippen LogP contribution in [-0.4, -0.2) is 31.1 Å². The molecule has 1 saturated carbocycles. The fraction of sp³-hybridized carbons (Fsp3) is 0.600. The van der Waals surface area contributed by atoms with Gasteiger partial charge in [0.15, 0.2) is 6.61 Å². The number of hydrogen-bond acceptors (Lipinski definition) is 4. The van der Waals surface area contributed by atoms with E-state index in [0.29, 0.717) is 0 Å². The number of amides is 1. The van der Waals surface area contributed by atoms with Crippen LogP contribution in [0.15, 0.2) is 24.3 Å². The summed E-state index contributed by atoms with van der Waals surface area (Å²) in [4.78, 5) is 23.4. The van der Waals surface area contributed by atoms with Crippen LogP contribution in [0.4, 0.5) is 0 Å². The van der Waals surface area contributed by atoms with Gasteiger partial charge in [0.1, 0.15) is 5.75 Å². The second kappa shape index (κ2) is 8.88. The third-order valence-corrected chi connectivity index (χ3v) is 4.38. The average molecular weight is 347 g/mol. The summed E-state index contributed by atoms with van der Waals surface area (Å²) < 4.78 is 10.5. The second-order valence-corrected chi connectivity index (χ2v) is 7.58. The van der Waals surface area contributed by atoms with Crippen molar-refractivity contribution in [2.75, 3.05) is 13.2 Å². The number of nitrogens with one attached hydrogen (secondary N) is 1. The number of carbonyl (C=O) groups is 2. The number of hydrogen-bond donors (Lipinski definition) is 1. The van der Waals surface area contributed by atoms with Crippen LogP contribution < -0.4 is 10.1 Å². The lowest BCUT2D eigenvalue weighted by Gasteiger charge is -2.19. The Kier molecular flexibility index (Phi) is 6.85. The quantitative estimate of drug-likeness (QED) is 0.768. The Morgan fingerprint density at radius 3 is 2.36 bits per heavy atom. The number of benzene rings is 1. The van der Waals surface area contributed by atoms with Crippen LogP contribution in [0.5, 0.6) is 5.75 Å². The van der Waals surface area contributed by atoms with Gasteiger partial charge in [0, 0.05) is 6.04 Å². The van der Waals surface area contributed by atoms with Gasteiger partial charge in [-0.15, -0.1) is 0 Å². The van der Waals surface area contributed by atoms with Crippen molar-refractivity contribution in [2.24, 2.45) is 0 Å². The average Bonchev–Trinajstić information content (AvgIpc) is 3.05. The van der Waals surface area contributed by atoms with E-state index in [1.165, 1.54) is 5.56 Å². The molecule has 1 aromatic carbocycles. The zero-order valence-corrected chi connectivity index (χ0v) is 15.5. The Labute approximate surface area is 150 Å². The zero-order chi connectivity index (χ0) is 18.3. The minimum absolute atomic E-state index is 0.0986. The second-order valence-electron chi connectivity index (χ2n) is 7.58. The molecule has 2 rings (SSSR count). The lowest BCUT2D eigenvalue weighted by Crippen LogP contribution is -2.36. The van der Waals surface area contributed by atoms with Gasteiger partial charge in [0.25, 0.3) is 5.91 Å². The molecule has 0 aliphatic heterocycles. The van der Waals surface area contributed by atoms with E-state index in [1.807, 2.05) is 24.3 Å². The number of rotatable bonds is 7. The molecular formula is C20H29NO4. The summed E-state index contributed by atoms with van der Waals surface area (Å²) in [5, 5.41) is 2.89. The van der Waals surface area contributed by atoms with Crippen molar-refractivity contribution in [2.45, 2.75) is 64.3 Å². The van der Waals surface area contributed by atoms with Gasteiger partial charge in [0.2, 0.25) is 0 Å². The highest BCUT2D eigenvalue weighted by atomic mass is 16.5. The first-order valence-corrected chi connectivity index (χ1v) is 9.03. The summed E-state index contributed by atoms with van der Waals surface area (Å²) in [6.45, 7) is 6.48. The Balaban J connectivity index is 1.62. The number of esters is 1. The molecule has 0 saturated heterocycles. The minimum Gasteiger partial charge on any atom is -0.493 e. The molecule has 1 N–H and O–H groups in total. The molecule has 0 atom stereocenters. The number of ether oxygens (including phenoxy) is 2. The fourth-order valence-electron chi connectivity index (χ4n) is 2.86. The highest BCUT2D eigenvalue weighted by molar-refractivity contribution is 5.80. The lowest BCUT2D eigenvalue weighted by molar-refractivity contribution is -0.149. The van der Waals surface area contributed by atoms with E-state index in [2.05, 4.69) is 26.1 Å². The standard InChI is InChI=1S/C20H29NO4/c1-20(2,3)15-8-10-17(11-9-15)24-13-12-19(23)25-14-18(22)21-16-6-4-5-7-16/h8-11,16H,4-7,12-14H2,1-3H3,(H,21,22). The molecule has 0 aromatic heterocycles. The van der Waals surface area contributed by atoms with Crippen LogP contribution in [0.2, 0.25) is 0 Å². The molecule has 25 heavy (non-hydrogen) atoms. The van der Waals surface area contributed by atoms with Crippen LogP contribution >= 0.6 is 0 Å². The molecule has 0 heterocycles. The summed E-state index contributed by atoms with van der Waals surface area (Å²) in [7, 11) is 0. The van der Waals surface area contributed by atoms with Crippen LogP contribution in [0.1, 0.15) is 58.4 Å². The molecule has 0 radical (unpaired) electrons. The third kappa shape index (κ3) is 6.77. The first kappa shape index (κ1) is 19.3. The largest absolute Gasteiger partial charge is 0.493 e. The first-order valence-electron chi connectivity index (χ1n) is 9.03. The van der Waals surface area contributed by atoms with Gasteiger partial charge in [-0.3, -0.25) is 9.59 Å². The first-order chi connectivity index (χ1) is 11.8. The van der Waals surface area contributed by atoms with Gasteiger partial charge in [-0.05, 0) is 36.0 Å². The SMILES string of the molecule is CC(C)(C)c1ccc(OCCC(=O)OCC(=O)NC2CCCC2)cc1. The van der Waals surface area contributed by atoms with E-state index in [-0.39, 0.29) is 37.0 Å². The van der Waals surface area contributed by atoms with Crippen LogP contribution in [0, 0.1) is 0 Å². The smallest absolute Gasteiger partial charge is 0.309 e. The topological polar surface area (TPSA) is 64.6 Å². The van der Waals surface area contributed by atoms with Gasteiger partial charge in [-0.1, -0.05) is 45.7 Å². The van der Waals surface area contributed by atoms with E-state index in [1.54, 1.807) is 0 Å². The highest BCUT2D eigenvalue weighted by Gasteiger charge is 2.18. The summed E-state index contributed by atoms with van der Waals surface area (Å²) >= 11 is 0. The van der Waals surface area contributed by atoms with Crippen molar-refractivity contribution in [3.63, 3.8) is 0 Å². The van der Waals surface area contributed by atoms with E-state index in [4.69, 9.17) is 9.47 Å². The van der Waals surface area contributed by atoms with Gasteiger partial charge >= 0.3 is 5.97 Å². The third-order valence-electron chi connectivity index (χ3n) is 4.38. The fourth-order valence-corrected chi connectivity index (χ4v) is 2.86. The maximum atomic E-state index is 11.7. The van der Waals surface area contributed by atoms with Crippen LogP contribution in [0.25, 0.3) is 0 Å². The van der Waals surface area contributed by atoms with Crippen molar-refractivity contribution < 1.29 is 19.1 Å². The van der Waals surface area contributed by atoms with Gasteiger partial charge < -0.3 is 14.8 Å². The Hall–Kier alpha value is -2.04. The molecule has 1 amide bonds. The Morgan fingerprint density at radius 1 is 1.12 bits per heavy atom. The molecule has 1 fully saturated rings. The molecule has 1 aromatic rings. The zero-order valence-electron chi connectivity index (χ0n) is 15.5. The lowest BCUT2D eigenvalue weighted by atomic mass is 9.87. The van der Waals surface area contributed by atoms with Crippen LogP contribution in [0.3, 0.4) is 0 Å². The summed E-state index contributed by atoms with van der Waals surface area (Å²) in [6, 6.07) is 8.11. The van der Waals surface area contributed by atoms with Gasteiger partial charge in [-0.25, -0.2) is 0 Å². The maximum Gasteiger partial charge on any atom is 0.309 e. The molecule has 138 valence electrons. The van der Waals surface area contributed by atoms with Crippen molar-refractivity contribution >= 4 is 11.9 Å². The monoisotopic (exact) mass is 347 g/mol. The van der Waals surface area contributed by atoms with Crippen molar-refractivity contribution in [3.05, 3.63) is 29.8 Å². The summed E-state index contributed by atoms with van der Waals surface area (Å²) in [5.74, 6) is 0.0756. The molecule has 0 bridgehead atoms. The van der Waals surface area contributed by atoms with Crippen molar-refractivity contribution in [3.8, 4) is 5.75 Å². The van der Waals surface area contributed by atoms with Gasteiger partial charge in [0.05, 0.1) is 13.0 Å². The predicted molar refractivity (Wildman–Crippen MR) is 96.6 cm³/mol. The van der Waals surface area contributed by atoms with Crippen molar-refractivity contribution in [1.82, 2.24) is 5.32 Å². The molecule has 5 heteroatoms. The maximum absolute atomic E-state index is 11.7. The molecule has 0 spiro atoms. The molecular weight excluding hydrogens is 318 g/mol. The van der Waals surface area contributed by atoms with Crippen LogP contribution in [-0.2, 0) is 19.7 Å². The Morgan fingerprint density at radius 2 is 1.76 bits per heavy atom. The van der Waals surface area contributed by atoms with E-state index >= 15 is 0 Å². The molecule has 1 aliphatic carbocycles. The molecule has 1 aliphatic rings. The van der Waals surface area contributed by atoms with E-state index in [9.17, 15) is 9.59 Å². The van der Waals surface area contributed by atoms with Gasteiger partial charge in [-0.2, -0.15) is 0 Å². The molecule has 0 unspecified atom stereocenters. The normalized spacial score (nSPS) is 15.0. The predicted octanol–water partition coefficient (Wildman–Crippen LogP) is 3.36. The molecule has 5 nitrogen and oxygen atoms in total. The minimum atomic E-state index is -0.423. The number of carbonyl (C=O) groups excluding carboxylic acids is 2. The Bertz CT molecular complexity index is 568. The van der Waals surface area contributed by atoms with E-state index < -0.39 is 5.97 Å². The van der Waals surface area contributed by atoms with E-state index in [0.717, 1.165) is 31.4 Å². The highest BCUT2D eigenvalue weighted by Crippen LogP contribution is 2.24. The summed E-state index contributed by atoms with van der Waals surface area (Å²) in [6.07, 6.45) is 4.46. The summed E-state index contributed by atoms with van der Waals surface area (Å²) in [5.41, 5.74) is 1.33.